The van der Waals surface area contributed by atoms with E-state index in [0.717, 1.165) is 18.4 Å². The number of hydrogen-bond donors (Lipinski definition) is 1. The molecule has 0 saturated heterocycles. The van der Waals surface area contributed by atoms with E-state index in [1.807, 2.05) is 16.8 Å². The molecule has 2 aromatic rings. The molecule has 1 aliphatic rings. The van der Waals surface area contributed by atoms with Crippen LogP contribution in [-0.4, -0.2) is 18.8 Å². The molecule has 0 amide bonds. The molecular formula is C14H15ClN2O2S2. The van der Waals surface area contributed by atoms with Crippen LogP contribution in [0, 0.1) is 0 Å². The topological polar surface area (TPSA) is 63.4 Å². The Hall–Kier alpha value is -1.08. The Morgan fingerprint density at radius 1 is 1.33 bits per heavy atom. The third-order valence-corrected chi connectivity index (χ3v) is 6.36. The van der Waals surface area contributed by atoms with Gasteiger partial charge in [0.2, 0.25) is 10.0 Å². The van der Waals surface area contributed by atoms with E-state index in [-0.39, 0.29) is 16.6 Å². The van der Waals surface area contributed by atoms with Crippen LogP contribution in [0.1, 0.15) is 18.4 Å². The number of benzene rings is 1. The molecule has 1 fully saturated rings. The van der Waals surface area contributed by atoms with E-state index in [1.165, 1.54) is 16.4 Å². The molecule has 0 aliphatic heterocycles. The van der Waals surface area contributed by atoms with E-state index in [9.17, 15) is 8.42 Å². The average molecular weight is 343 g/mol. The van der Waals surface area contributed by atoms with Crippen LogP contribution in [0.25, 0.3) is 0 Å². The summed E-state index contributed by atoms with van der Waals surface area (Å²) < 4.78 is 27.3. The summed E-state index contributed by atoms with van der Waals surface area (Å²) in [5.74, 6) is 0. The molecule has 0 unspecified atom stereocenters. The maximum atomic E-state index is 12.9. The number of anilines is 1. The predicted octanol–water partition coefficient (Wildman–Crippen LogP) is 3.34. The fourth-order valence-corrected chi connectivity index (χ4v) is 4.91. The highest BCUT2D eigenvalue weighted by molar-refractivity contribution is 7.89. The van der Waals surface area contributed by atoms with Gasteiger partial charge >= 0.3 is 0 Å². The highest BCUT2D eigenvalue weighted by Crippen LogP contribution is 2.36. The van der Waals surface area contributed by atoms with Gasteiger partial charge in [-0.05, 0) is 53.4 Å². The van der Waals surface area contributed by atoms with Gasteiger partial charge in [-0.25, -0.2) is 8.42 Å². The van der Waals surface area contributed by atoms with Gasteiger partial charge in [-0.15, -0.1) is 0 Å². The first-order valence-corrected chi connectivity index (χ1v) is 9.32. The first-order valence-electron chi connectivity index (χ1n) is 6.56. The minimum Gasteiger partial charge on any atom is -0.398 e. The van der Waals surface area contributed by atoms with Crippen molar-refractivity contribution in [3.8, 4) is 0 Å². The van der Waals surface area contributed by atoms with Crippen LogP contribution in [0.3, 0.4) is 0 Å². The molecule has 4 nitrogen and oxygen atoms in total. The zero-order chi connectivity index (χ0) is 15.0. The number of rotatable bonds is 5. The summed E-state index contributed by atoms with van der Waals surface area (Å²) in [7, 11) is -3.64. The summed E-state index contributed by atoms with van der Waals surface area (Å²) in [4.78, 5) is 0.0946. The number of hydrogen-bond acceptors (Lipinski definition) is 4. The van der Waals surface area contributed by atoms with E-state index in [4.69, 9.17) is 17.3 Å². The SMILES string of the molecule is Nc1ccc(Cl)cc1S(=O)(=O)N(Cc1ccsc1)C1CC1. The van der Waals surface area contributed by atoms with Gasteiger partial charge in [-0.3, -0.25) is 0 Å². The number of thiophene rings is 1. The molecule has 7 heteroatoms. The largest absolute Gasteiger partial charge is 0.398 e. The Labute approximate surface area is 133 Å². The fraction of sp³-hybridized carbons (Fsp3) is 0.286. The Balaban J connectivity index is 1.99. The highest BCUT2D eigenvalue weighted by Gasteiger charge is 2.38. The smallest absolute Gasteiger partial charge is 0.245 e. The van der Waals surface area contributed by atoms with Crippen LogP contribution < -0.4 is 5.73 Å². The molecule has 1 saturated carbocycles. The molecule has 0 spiro atoms. The van der Waals surface area contributed by atoms with Gasteiger partial charge in [0.15, 0.2) is 0 Å². The molecule has 1 heterocycles. The summed E-state index contributed by atoms with van der Waals surface area (Å²) >= 11 is 7.49. The maximum absolute atomic E-state index is 12.9. The van der Waals surface area contributed by atoms with Crippen molar-refractivity contribution in [1.82, 2.24) is 4.31 Å². The predicted molar refractivity (Wildman–Crippen MR) is 85.9 cm³/mol. The van der Waals surface area contributed by atoms with Crippen LogP contribution in [0.2, 0.25) is 5.02 Å². The summed E-state index contributed by atoms with van der Waals surface area (Å²) in [6.07, 6.45) is 1.79. The van der Waals surface area contributed by atoms with Gasteiger partial charge < -0.3 is 5.73 Å². The monoisotopic (exact) mass is 342 g/mol. The normalized spacial score (nSPS) is 15.5. The second kappa shape index (κ2) is 5.61. The number of sulfonamides is 1. The van der Waals surface area contributed by atoms with Gasteiger partial charge in [-0.1, -0.05) is 11.6 Å². The Morgan fingerprint density at radius 2 is 2.10 bits per heavy atom. The van der Waals surface area contributed by atoms with Crippen LogP contribution >= 0.6 is 22.9 Å². The van der Waals surface area contributed by atoms with Gasteiger partial charge in [-0.2, -0.15) is 15.6 Å². The Morgan fingerprint density at radius 3 is 2.71 bits per heavy atom. The molecule has 0 atom stereocenters. The lowest BCUT2D eigenvalue weighted by molar-refractivity contribution is 0.399. The van der Waals surface area contributed by atoms with Crippen molar-refractivity contribution in [2.24, 2.45) is 0 Å². The molecule has 112 valence electrons. The highest BCUT2D eigenvalue weighted by atomic mass is 35.5. The van der Waals surface area contributed by atoms with Gasteiger partial charge in [0.1, 0.15) is 4.90 Å². The average Bonchev–Trinajstić information content (AvgIpc) is 3.14. The van der Waals surface area contributed by atoms with Crippen molar-refractivity contribution in [2.75, 3.05) is 5.73 Å². The lowest BCUT2D eigenvalue weighted by atomic mass is 10.3. The second-order valence-electron chi connectivity index (χ2n) is 5.10. The van der Waals surface area contributed by atoms with Gasteiger partial charge in [0.25, 0.3) is 0 Å². The summed E-state index contributed by atoms with van der Waals surface area (Å²) in [6.45, 7) is 0.377. The van der Waals surface area contributed by atoms with Crippen LogP contribution in [0.5, 0.6) is 0 Å². The minimum atomic E-state index is -3.64. The molecule has 0 bridgehead atoms. The second-order valence-corrected chi connectivity index (χ2v) is 8.17. The van der Waals surface area contributed by atoms with Crippen molar-refractivity contribution < 1.29 is 8.42 Å². The molecule has 21 heavy (non-hydrogen) atoms. The molecule has 3 rings (SSSR count). The van der Waals surface area contributed by atoms with Crippen molar-refractivity contribution in [3.63, 3.8) is 0 Å². The lowest BCUT2D eigenvalue weighted by Crippen LogP contribution is -2.33. The summed E-state index contributed by atoms with van der Waals surface area (Å²) in [6, 6.07) is 6.56. The summed E-state index contributed by atoms with van der Waals surface area (Å²) in [5.41, 5.74) is 7.07. The zero-order valence-corrected chi connectivity index (χ0v) is 13.6. The van der Waals surface area contributed by atoms with Crippen molar-refractivity contribution in [1.29, 1.82) is 0 Å². The van der Waals surface area contributed by atoms with E-state index in [0.29, 0.717) is 11.6 Å². The van der Waals surface area contributed by atoms with E-state index in [1.54, 1.807) is 17.4 Å². The molecule has 1 aromatic carbocycles. The maximum Gasteiger partial charge on any atom is 0.245 e. The first-order chi connectivity index (χ1) is 9.98. The summed E-state index contributed by atoms with van der Waals surface area (Å²) in [5, 5.41) is 4.28. The van der Waals surface area contributed by atoms with Crippen LogP contribution in [0.15, 0.2) is 39.9 Å². The number of nitrogen functional groups attached to an aromatic ring is 1. The molecule has 2 N–H and O–H groups in total. The van der Waals surface area contributed by atoms with E-state index >= 15 is 0 Å². The minimum absolute atomic E-state index is 0.0632. The molecular weight excluding hydrogens is 328 g/mol. The van der Waals surface area contributed by atoms with Gasteiger partial charge in [0.05, 0.1) is 5.69 Å². The van der Waals surface area contributed by atoms with E-state index < -0.39 is 10.0 Å². The van der Waals surface area contributed by atoms with Crippen molar-refractivity contribution >= 4 is 38.6 Å². The van der Waals surface area contributed by atoms with Crippen molar-refractivity contribution in [3.05, 3.63) is 45.6 Å². The number of nitrogens with two attached hydrogens (primary N) is 1. The van der Waals surface area contributed by atoms with E-state index in [2.05, 4.69) is 0 Å². The quantitative estimate of drug-likeness (QED) is 0.847. The molecule has 1 aromatic heterocycles. The zero-order valence-electron chi connectivity index (χ0n) is 11.2. The third kappa shape index (κ3) is 3.08. The Bertz CT molecular complexity index is 740. The standard InChI is InChI=1S/C14H15ClN2O2S2/c15-11-1-4-13(16)14(7-11)21(18,19)17(12-2-3-12)8-10-5-6-20-9-10/h1,4-7,9,12H,2-3,8,16H2. The Kier molecular flexibility index (Phi) is 3.96. The molecule has 0 radical (unpaired) electrons. The lowest BCUT2D eigenvalue weighted by Gasteiger charge is -2.22. The molecule has 1 aliphatic carbocycles. The first kappa shape index (κ1) is 14.8. The van der Waals surface area contributed by atoms with Crippen molar-refractivity contribution in [2.45, 2.75) is 30.3 Å². The van der Waals surface area contributed by atoms with Crippen LogP contribution in [0.4, 0.5) is 5.69 Å². The fourth-order valence-electron chi connectivity index (χ4n) is 2.19. The number of halogens is 1. The van der Waals surface area contributed by atoms with Gasteiger partial charge in [0, 0.05) is 17.6 Å². The number of nitrogens with zero attached hydrogens (tertiary/aromatic N) is 1. The third-order valence-electron chi connectivity index (χ3n) is 3.43. The van der Waals surface area contributed by atoms with Crippen LogP contribution in [-0.2, 0) is 16.6 Å².